The quantitative estimate of drug-likeness (QED) is 0.595. The van der Waals surface area contributed by atoms with Crippen LogP contribution in [0.15, 0.2) is 23.1 Å². The molecule has 0 aliphatic heterocycles. The lowest BCUT2D eigenvalue weighted by Gasteiger charge is -2.19. The first-order valence-electron chi connectivity index (χ1n) is 5.91. The Labute approximate surface area is 118 Å². The predicted octanol–water partition coefficient (Wildman–Crippen LogP) is 2.88. The molecule has 0 fully saturated rings. The smallest absolute Gasteiger partial charge is 0.107 e. The minimum atomic E-state index is 0.218. The average Bonchev–Trinajstić information content (AvgIpc) is 2.35. The average molecular weight is 284 g/mol. The molecular formula is C13H20N2OS2. The van der Waals surface area contributed by atoms with Crippen LogP contribution in [0.3, 0.4) is 0 Å². The second-order valence-corrected chi connectivity index (χ2v) is 5.24. The molecule has 0 heterocycles. The summed E-state index contributed by atoms with van der Waals surface area (Å²) in [6.45, 7) is 5.45. The molecule has 18 heavy (non-hydrogen) atoms. The van der Waals surface area contributed by atoms with E-state index in [2.05, 4.69) is 12.2 Å². The van der Waals surface area contributed by atoms with Crippen molar-refractivity contribution < 1.29 is 4.74 Å². The molecule has 0 aliphatic carbocycles. The number of anilines is 1. The molecule has 3 nitrogen and oxygen atoms in total. The largest absolute Gasteiger partial charge is 0.389 e. The number of benzene rings is 1. The number of thioether (sulfide) groups is 1. The molecule has 0 radical (unpaired) electrons. The van der Waals surface area contributed by atoms with Crippen LogP contribution >= 0.6 is 24.0 Å². The van der Waals surface area contributed by atoms with Crippen LogP contribution in [0, 0.1) is 0 Å². The van der Waals surface area contributed by atoms with Gasteiger partial charge in [-0.2, -0.15) is 0 Å². The first-order chi connectivity index (χ1) is 8.60. The number of rotatable bonds is 7. The number of thiocarbonyl (C=S) groups is 1. The Balaban J connectivity index is 2.90. The van der Waals surface area contributed by atoms with Gasteiger partial charge in [-0.05, 0) is 32.2 Å². The molecular weight excluding hydrogens is 264 g/mol. The summed E-state index contributed by atoms with van der Waals surface area (Å²) in [6.07, 6.45) is 2.02. The van der Waals surface area contributed by atoms with Crippen LogP contribution in [0.1, 0.15) is 19.4 Å². The Morgan fingerprint density at radius 1 is 1.56 bits per heavy atom. The summed E-state index contributed by atoms with van der Waals surface area (Å²) < 4.78 is 5.39. The molecule has 0 aliphatic rings. The van der Waals surface area contributed by atoms with Gasteiger partial charge in [0, 0.05) is 28.8 Å². The fourth-order valence-corrected chi connectivity index (χ4v) is 2.60. The highest BCUT2D eigenvalue weighted by atomic mass is 32.2. The number of hydrogen-bond donors (Lipinski definition) is 2. The van der Waals surface area contributed by atoms with E-state index in [1.54, 1.807) is 11.8 Å². The zero-order valence-corrected chi connectivity index (χ0v) is 12.7. The summed E-state index contributed by atoms with van der Waals surface area (Å²) >= 11 is 6.78. The predicted molar refractivity (Wildman–Crippen MR) is 83.7 cm³/mol. The van der Waals surface area contributed by atoms with Crippen LogP contribution in [-0.4, -0.2) is 30.5 Å². The summed E-state index contributed by atoms with van der Waals surface area (Å²) in [5, 5.41) is 3.40. The molecule has 3 N–H and O–H groups in total. The van der Waals surface area contributed by atoms with Gasteiger partial charge < -0.3 is 15.8 Å². The van der Waals surface area contributed by atoms with Gasteiger partial charge in [-0.25, -0.2) is 0 Å². The number of nitrogens with one attached hydrogen (secondary N) is 1. The highest BCUT2D eigenvalue weighted by Crippen LogP contribution is 2.27. The van der Waals surface area contributed by atoms with Crippen molar-refractivity contribution in [2.75, 3.05) is 24.8 Å². The number of hydrogen-bond acceptors (Lipinski definition) is 4. The summed E-state index contributed by atoms with van der Waals surface area (Å²) in [5.74, 6) is 0. The van der Waals surface area contributed by atoms with Gasteiger partial charge in [0.2, 0.25) is 0 Å². The van der Waals surface area contributed by atoms with Crippen LogP contribution in [-0.2, 0) is 4.74 Å². The Morgan fingerprint density at radius 3 is 2.83 bits per heavy atom. The highest BCUT2D eigenvalue weighted by Gasteiger charge is 2.12. The standard InChI is InChI=1S/C13H20N2OS2/c1-4-16-8-9(2)15-10-6-5-7-11(18-3)12(10)13(14)17/h5-7,9,15H,4,8H2,1-3H3,(H2,14,17). The van der Waals surface area contributed by atoms with Crippen LogP contribution < -0.4 is 11.1 Å². The molecule has 1 aromatic rings. The molecule has 0 bridgehead atoms. The minimum absolute atomic E-state index is 0.218. The van der Waals surface area contributed by atoms with Crippen molar-refractivity contribution >= 4 is 34.7 Å². The van der Waals surface area contributed by atoms with Crippen molar-refractivity contribution in [3.63, 3.8) is 0 Å². The second-order valence-electron chi connectivity index (χ2n) is 3.95. The maximum absolute atomic E-state index is 5.81. The Bertz CT molecular complexity index is 410. The molecule has 1 unspecified atom stereocenters. The number of nitrogens with two attached hydrogens (primary N) is 1. The fraction of sp³-hybridized carbons (Fsp3) is 0.462. The van der Waals surface area contributed by atoms with E-state index in [0.717, 1.165) is 22.8 Å². The molecule has 0 saturated carbocycles. The third kappa shape index (κ3) is 4.15. The molecule has 0 aromatic heterocycles. The van der Waals surface area contributed by atoms with Crippen molar-refractivity contribution in [1.29, 1.82) is 0 Å². The summed E-state index contributed by atoms with van der Waals surface area (Å²) in [4.78, 5) is 1.52. The highest BCUT2D eigenvalue weighted by molar-refractivity contribution is 7.98. The molecule has 0 amide bonds. The molecule has 1 aromatic carbocycles. The van der Waals surface area contributed by atoms with E-state index in [1.165, 1.54) is 0 Å². The van der Waals surface area contributed by atoms with Gasteiger partial charge in [0.15, 0.2) is 0 Å². The van der Waals surface area contributed by atoms with E-state index in [-0.39, 0.29) is 6.04 Å². The maximum atomic E-state index is 5.81. The second kappa shape index (κ2) is 7.61. The monoisotopic (exact) mass is 284 g/mol. The zero-order valence-electron chi connectivity index (χ0n) is 11.0. The van der Waals surface area contributed by atoms with Crippen molar-refractivity contribution in [3.8, 4) is 0 Å². The van der Waals surface area contributed by atoms with Gasteiger partial charge in [-0.15, -0.1) is 11.8 Å². The fourth-order valence-electron chi connectivity index (χ4n) is 1.68. The Hall–Kier alpha value is -0.780. The Kier molecular flexibility index (Phi) is 6.46. The molecule has 1 rings (SSSR count). The van der Waals surface area contributed by atoms with Crippen LogP contribution in [0.5, 0.6) is 0 Å². The third-order valence-corrected chi connectivity index (χ3v) is 3.45. The van der Waals surface area contributed by atoms with Crippen molar-refractivity contribution in [3.05, 3.63) is 23.8 Å². The maximum Gasteiger partial charge on any atom is 0.107 e. The van der Waals surface area contributed by atoms with Gasteiger partial charge in [0.1, 0.15) is 4.99 Å². The minimum Gasteiger partial charge on any atom is -0.389 e. The van der Waals surface area contributed by atoms with Crippen LogP contribution in [0.25, 0.3) is 0 Å². The lowest BCUT2D eigenvalue weighted by molar-refractivity contribution is 0.141. The molecule has 100 valence electrons. The van der Waals surface area contributed by atoms with Gasteiger partial charge in [-0.1, -0.05) is 18.3 Å². The van der Waals surface area contributed by atoms with Crippen molar-refractivity contribution in [2.24, 2.45) is 5.73 Å². The lowest BCUT2D eigenvalue weighted by Crippen LogP contribution is -2.24. The molecule has 1 atom stereocenters. The van der Waals surface area contributed by atoms with E-state index in [4.69, 9.17) is 22.7 Å². The van der Waals surface area contributed by atoms with Gasteiger partial charge in [0.05, 0.1) is 6.61 Å². The van der Waals surface area contributed by atoms with E-state index in [9.17, 15) is 0 Å². The van der Waals surface area contributed by atoms with Gasteiger partial charge in [-0.3, -0.25) is 0 Å². The van der Waals surface area contributed by atoms with E-state index >= 15 is 0 Å². The van der Waals surface area contributed by atoms with Crippen molar-refractivity contribution in [2.45, 2.75) is 24.8 Å². The van der Waals surface area contributed by atoms with Crippen LogP contribution in [0.2, 0.25) is 0 Å². The zero-order chi connectivity index (χ0) is 13.5. The SMILES string of the molecule is CCOCC(C)Nc1cccc(SC)c1C(N)=S. The summed E-state index contributed by atoms with van der Waals surface area (Å²) in [7, 11) is 0. The molecule has 0 spiro atoms. The summed E-state index contributed by atoms with van der Waals surface area (Å²) in [6, 6.07) is 6.24. The van der Waals surface area contributed by atoms with E-state index in [1.807, 2.05) is 31.4 Å². The van der Waals surface area contributed by atoms with E-state index < -0.39 is 0 Å². The van der Waals surface area contributed by atoms with Gasteiger partial charge >= 0.3 is 0 Å². The number of ether oxygens (including phenoxy) is 1. The third-order valence-electron chi connectivity index (χ3n) is 2.47. The molecule has 0 saturated heterocycles. The normalized spacial score (nSPS) is 12.2. The lowest BCUT2D eigenvalue weighted by atomic mass is 10.1. The van der Waals surface area contributed by atoms with Gasteiger partial charge in [0.25, 0.3) is 0 Å². The topological polar surface area (TPSA) is 47.3 Å². The Morgan fingerprint density at radius 2 is 2.28 bits per heavy atom. The van der Waals surface area contributed by atoms with Crippen LogP contribution in [0.4, 0.5) is 5.69 Å². The van der Waals surface area contributed by atoms with Crippen molar-refractivity contribution in [1.82, 2.24) is 0 Å². The first kappa shape index (κ1) is 15.3. The molecule has 5 heteroatoms. The summed E-state index contributed by atoms with van der Waals surface area (Å²) in [5.41, 5.74) is 7.71. The van der Waals surface area contributed by atoms with E-state index in [0.29, 0.717) is 11.6 Å². The first-order valence-corrected chi connectivity index (χ1v) is 7.54.